The second kappa shape index (κ2) is 11.8. The third-order valence-electron chi connectivity index (χ3n) is 3.95. The van der Waals surface area contributed by atoms with Gasteiger partial charge in [-0.05, 0) is 6.42 Å². The fraction of sp³-hybridized carbons (Fsp3) is 0.667. The Morgan fingerprint density at radius 2 is 1.27 bits per heavy atom. The Labute approximate surface area is 136 Å². The van der Waals surface area contributed by atoms with Crippen LogP contribution in [0.5, 0.6) is 0 Å². The highest BCUT2D eigenvalue weighted by molar-refractivity contribution is 6.72. The fourth-order valence-electron chi connectivity index (χ4n) is 2.54. The number of hydrogen-bond acceptors (Lipinski definition) is 3. The predicted octanol–water partition coefficient (Wildman–Crippen LogP) is 3.75. The van der Waals surface area contributed by atoms with Gasteiger partial charge in [-0.3, -0.25) is 0 Å². The van der Waals surface area contributed by atoms with E-state index in [0.717, 1.165) is 12.8 Å². The molecular formula is C18H32O3Si. The van der Waals surface area contributed by atoms with Crippen molar-refractivity contribution in [2.75, 3.05) is 6.61 Å². The summed E-state index contributed by atoms with van der Waals surface area (Å²) in [4.78, 5) is 20.0. The second-order valence-electron chi connectivity index (χ2n) is 6.00. The van der Waals surface area contributed by atoms with Crippen LogP contribution in [0.1, 0.15) is 71.1 Å². The van der Waals surface area contributed by atoms with Crippen LogP contribution in [0.15, 0.2) is 30.3 Å². The molecule has 126 valence electrons. The van der Waals surface area contributed by atoms with E-state index in [-0.39, 0.29) is 0 Å². The maximum atomic E-state index is 10.0. The van der Waals surface area contributed by atoms with Gasteiger partial charge in [-0.2, -0.15) is 0 Å². The van der Waals surface area contributed by atoms with Gasteiger partial charge in [0.2, 0.25) is 0 Å². The van der Waals surface area contributed by atoms with Crippen molar-refractivity contribution in [2.24, 2.45) is 0 Å². The Morgan fingerprint density at radius 3 is 1.82 bits per heavy atom. The first-order valence-electron chi connectivity index (χ1n) is 8.81. The summed E-state index contributed by atoms with van der Waals surface area (Å²) in [6.45, 7) is 2.68. The van der Waals surface area contributed by atoms with Crippen LogP contribution in [0.4, 0.5) is 0 Å². The molecule has 0 heterocycles. The zero-order chi connectivity index (χ0) is 16.1. The first-order chi connectivity index (χ1) is 10.7. The Balaban J connectivity index is 1.97. The second-order valence-corrected chi connectivity index (χ2v) is 8.09. The minimum atomic E-state index is -3.67. The Kier molecular flexibility index (Phi) is 10.4. The number of benzene rings is 1. The van der Waals surface area contributed by atoms with Gasteiger partial charge in [-0.1, -0.05) is 95.0 Å². The van der Waals surface area contributed by atoms with Crippen molar-refractivity contribution in [1.29, 1.82) is 0 Å². The number of unbranched alkanes of at least 4 members (excludes halogenated alkanes) is 9. The highest BCUT2D eigenvalue weighted by atomic mass is 28.4. The largest absolute Gasteiger partial charge is 0.531 e. The van der Waals surface area contributed by atoms with Gasteiger partial charge in [0.25, 0.3) is 0 Å². The van der Waals surface area contributed by atoms with Crippen LogP contribution >= 0.6 is 0 Å². The van der Waals surface area contributed by atoms with Crippen molar-refractivity contribution in [2.45, 2.75) is 71.1 Å². The lowest BCUT2D eigenvalue weighted by Crippen LogP contribution is -2.51. The summed E-state index contributed by atoms with van der Waals surface area (Å²) in [5.74, 6) is 0. The van der Waals surface area contributed by atoms with E-state index in [0.29, 0.717) is 11.8 Å². The zero-order valence-electron chi connectivity index (χ0n) is 14.0. The van der Waals surface area contributed by atoms with Crippen molar-refractivity contribution in [1.82, 2.24) is 0 Å². The van der Waals surface area contributed by atoms with Crippen LogP contribution in [0.25, 0.3) is 0 Å². The lowest BCUT2D eigenvalue weighted by atomic mass is 10.1. The molecule has 0 spiro atoms. The summed E-state index contributed by atoms with van der Waals surface area (Å²) in [5, 5.41) is 0.516. The summed E-state index contributed by atoms with van der Waals surface area (Å²) < 4.78 is 5.34. The molecule has 0 unspecified atom stereocenters. The molecule has 0 radical (unpaired) electrons. The molecule has 0 aromatic heterocycles. The lowest BCUT2D eigenvalue weighted by Gasteiger charge is -2.17. The van der Waals surface area contributed by atoms with E-state index in [9.17, 15) is 9.59 Å². The highest BCUT2D eigenvalue weighted by Crippen LogP contribution is 2.11. The summed E-state index contributed by atoms with van der Waals surface area (Å²) in [5.41, 5.74) is 0. The molecule has 0 aliphatic carbocycles. The van der Waals surface area contributed by atoms with E-state index in [2.05, 4.69) is 6.92 Å². The smallest absolute Gasteiger partial charge is 0.386 e. The van der Waals surface area contributed by atoms with E-state index < -0.39 is 8.80 Å². The van der Waals surface area contributed by atoms with Gasteiger partial charge in [0.05, 0.1) is 0 Å². The molecule has 0 amide bonds. The molecule has 2 N–H and O–H groups in total. The van der Waals surface area contributed by atoms with Crippen LogP contribution in [-0.2, 0) is 4.43 Å². The molecule has 1 aromatic rings. The van der Waals surface area contributed by atoms with Gasteiger partial charge in [0.15, 0.2) is 0 Å². The minimum absolute atomic E-state index is 0.435. The molecule has 0 fully saturated rings. The van der Waals surface area contributed by atoms with Crippen molar-refractivity contribution in [3.05, 3.63) is 30.3 Å². The Bertz CT molecular complexity index is 368. The van der Waals surface area contributed by atoms with Crippen molar-refractivity contribution < 1.29 is 14.0 Å². The topological polar surface area (TPSA) is 49.7 Å². The maximum absolute atomic E-state index is 10.0. The first kappa shape index (κ1) is 19.4. The van der Waals surface area contributed by atoms with Crippen LogP contribution in [0.2, 0.25) is 0 Å². The predicted molar refractivity (Wildman–Crippen MR) is 94.1 cm³/mol. The average Bonchev–Trinajstić information content (AvgIpc) is 2.53. The standard InChI is InChI=1S/C18H32O3Si/c1-2-3-4-5-6-7-8-9-10-14-17-21-22(19,20)18-15-12-11-13-16-18/h11-13,15-16,19-20H,2-10,14,17H2,1H3. The quantitative estimate of drug-likeness (QED) is 0.429. The van der Waals surface area contributed by atoms with Crippen LogP contribution in [0, 0.1) is 0 Å². The van der Waals surface area contributed by atoms with Gasteiger partial charge in [0.1, 0.15) is 0 Å². The van der Waals surface area contributed by atoms with E-state index in [4.69, 9.17) is 4.43 Å². The van der Waals surface area contributed by atoms with Gasteiger partial charge >= 0.3 is 8.80 Å². The fourth-order valence-corrected chi connectivity index (χ4v) is 3.76. The average molecular weight is 325 g/mol. The summed E-state index contributed by atoms with van der Waals surface area (Å²) >= 11 is 0. The van der Waals surface area contributed by atoms with Crippen molar-refractivity contribution in [3.63, 3.8) is 0 Å². The first-order valence-corrected chi connectivity index (χ1v) is 10.6. The molecule has 0 aliphatic heterocycles. The SMILES string of the molecule is CCCCCCCCCCCCO[Si](O)(O)c1ccccc1. The Hall–Kier alpha value is -0.683. The molecule has 0 bridgehead atoms. The van der Waals surface area contributed by atoms with Gasteiger partial charge < -0.3 is 14.0 Å². The van der Waals surface area contributed by atoms with E-state index >= 15 is 0 Å². The molecule has 0 atom stereocenters. The third kappa shape index (κ3) is 8.69. The molecule has 0 saturated heterocycles. The monoisotopic (exact) mass is 324 g/mol. The molecular weight excluding hydrogens is 292 g/mol. The van der Waals surface area contributed by atoms with E-state index in [1.165, 1.54) is 51.4 Å². The minimum Gasteiger partial charge on any atom is -0.386 e. The van der Waals surface area contributed by atoms with Crippen molar-refractivity contribution >= 4 is 14.0 Å². The molecule has 0 saturated carbocycles. The van der Waals surface area contributed by atoms with E-state index in [1.54, 1.807) is 24.3 Å². The summed E-state index contributed by atoms with van der Waals surface area (Å²) in [6.07, 6.45) is 12.6. The van der Waals surface area contributed by atoms with Gasteiger partial charge in [-0.15, -0.1) is 0 Å². The Morgan fingerprint density at radius 1 is 0.773 bits per heavy atom. The summed E-state index contributed by atoms with van der Waals surface area (Å²) in [6, 6.07) is 8.88. The molecule has 3 nitrogen and oxygen atoms in total. The van der Waals surface area contributed by atoms with Crippen LogP contribution in [0.3, 0.4) is 0 Å². The molecule has 4 heteroatoms. The van der Waals surface area contributed by atoms with Crippen LogP contribution < -0.4 is 5.19 Å². The number of hydrogen-bond donors (Lipinski definition) is 2. The third-order valence-corrected chi connectivity index (χ3v) is 5.64. The molecule has 0 aliphatic rings. The molecule has 1 aromatic carbocycles. The lowest BCUT2D eigenvalue weighted by molar-refractivity contribution is 0.160. The highest BCUT2D eigenvalue weighted by Gasteiger charge is 2.34. The van der Waals surface area contributed by atoms with Crippen molar-refractivity contribution in [3.8, 4) is 0 Å². The molecule has 1 rings (SSSR count). The van der Waals surface area contributed by atoms with E-state index in [1.807, 2.05) is 6.07 Å². The normalized spacial score (nSPS) is 11.8. The van der Waals surface area contributed by atoms with Gasteiger partial charge in [-0.25, -0.2) is 0 Å². The summed E-state index contributed by atoms with van der Waals surface area (Å²) in [7, 11) is -3.67. The number of rotatable bonds is 13. The van der Waals surface area contributed by atoms with Crippen LogP contribution in [-0.4, -0.2) is 25.0 Å². The molecule has 22 heavy (non-hydrogen) atoms. The van der Waals surface area contributed by atoms with Gasteiger partial charge in [0, 0.05) is 11.8 Å². The zero-order valence-corrected chi connectivity index (χ0v) is 15.0. The maximum Gasteiger partial charge on any atom is 0.531 e.